The highest BCUT2D eigenvalue weighted by molar-refractivity contribution is 7.94. The first-order valence-corrected chi connectivity index (χ1v) is 12.4. The van der Waals surface area contributed by atoms with E-state index in [0.717, 1.165) is 44.9 Å². The number of hydrogen-bond acceptors (Lipinski definition) is 5. The van der Waals surface area contributed by atoms with Crippen molar-refractivity contribution in [2.45, 2.75) is 64.8 Å². The molecule has 0 N–H and O–H groups in total. The molecule has 30 heavy (non-hydrogen) atoms. The number of fused-ring (bicyclic) bond motifs is 1. The first kappa shape index (κ1) is 22.7. The standard InChI is InChI=1S/C23H32N2O4S/c1-4-15-25(16-5-2)20-21(26)18-13-9-10-14-19(18)22(27)23(20)30(28,29)24(3)17-11-7-6-8-12-17/h9-10,13-14,17H,4-8,11-12,15-16H2,1-3H3. The minimum Gasteiger partial charge on any atom is -0.367 e. The quantitative estimate of drug-likeness (QED) is 0.621. The van der Waals surface area contributed by atoms with Crippen LogP contribution in [-0.2, 0) is 10.0 Å². The van der Waals surface area contributed by atoms with Crippen LogP contribution in [0.15, 0.2) is 34.9 Å². The molecule has 3 rings (SSSR count). The third-order valence-electron chi connectivity index (χ3n) is 6.08. The highest BCUT2D eigenvalue weighted by Crippen LogP contribution is 2.35. The fourth-order valence-electron chi connectivity index (χ4n) is 4.53. The molecular formula is C23H32N2O4S. The van der Waals surface area contributed by atoms with Gasteiger partial charge < -0.3 is 4.90 Å². The summed E-state index contributed by atoms with van der Waals surface area (Å²) in [6.45, 7) is 5.01. The van der Waals surface area contributed by atoms with Crippen LogP contribution >= 0.6 is 0 Å². The summed E-state index contributed by atoms with van der Waals surface area (Å²) >= 11 is 0. The number of carbonyl (C=O) groups excluding carboxylic acids is 2. The van der Waals surface area contributed by atoms with E-state index in [0.29, 0.717) is 13.1 Å². The summed E-state index contributed by atoms with van der Waals surface area (Å²) in [4.78, 5) is 28.4. The number of allylic oxidation sites excluding steroid dienone is 2. The Balaban J connectivity index is 2.19. The summed E-state index contributed by atoms with van der Waals surface area (Å²) in [5.41, 5.74) is 0.508. The zero-order valence-corrected chi connectivity index (χ0v) is 19.0. The molecule has 1 aromatic carbocycles. The number of rotatable bonds is 8. The van der Waals surface area contributed by atoms with Crippen LogP contribution in [0.5, 0.6) is 0 Å². The predicted octanol–water partition coefficient (Wildman–Crippen LogP) is 3.99. The van der Waals surface area contributed by atoms with Crippen molar-refractivity contribution in [1.29, 1.82) is 0 Å². The van der Waals surface area contributed by atoms with Gasteiger partial charge in [0, 0.05) is 37.3 Å². The second kappa shape index (κ2) is 9.43. The second-order valence-corrected chi connectivity index (χ2v) is 10.1. The van der Waals surface area contributed by atoms with Gasteiger partial charge in [-0.2, -0.15) is 4.31 Å². The average Bonchev–Trinajstić information content (AvgIpc) is 2.76. The summed E-state index contributed by atoms with van der Waals surface area (Å²) in [5, 5.41) is 0. The zero-order chi connectivity index (χ0) is 21.9. The molecule has 0 unspecified atom stereocenters. The van der Waals surface area contributed by atoms with Gasteiger partial charge in [0.2, 0.25) is 21.6 Å². The summed E-state index contributed by atoms with van der Waals surface area (Å²) in [6.07, 6.45) is 6.12. The fraction of sp³-hybridized carbons (Fsp3) is 0.565. The van der Waals surface area contributed by atoms with E-state index < -0.39 is 15.8 Å². The lowest BCUT2D eigenvalue weighted by Gasteiger charge is -2.35. The van der Waals surface area contributed by atoms with Gasteiger partial charge >= 0.3 is 0 Å². The van der Waals surface area contributed by atoms with Crippen LogP contribution in [0.25, 0.3) is 0 Å². The minimum atomic E-state index is -4.12. The van der Waals surface area contributed by atoms with Crippen molar-refractivity contribution < 1.29 is 18.0 Å². The topological polar surface area (TPSA) is 74.8 Å². The first-order valence-electron chi connectivity index (χ1n) is 11.0. The van der Waals surface area contributed by atoms with Crippen molar-refractivity contribution in [1.82, 2.24) is 9.21 Å². The first-order chi connectivity index (χ1) is 14.3. The molecule has 0 amide bonds. The molecule has 0 radical (unpaired) electrons. The molecule has 2 aliphatic carbocycles. The molecule has 1 aromatic rings. The van der Waals surface area contributed by atoms with Gasteiger partial charge in [-0.25, -0.2) is 8.42 Å². The van der Waals surface area contributed by atoms with E-state index >= 15 is 0 Å². The smallest absolute Gasteiger partial charge is 0.249 e. The Kier molecular flexibility index (Phi) is 7.14. The largest absolute Gasteiger partial charge is 0.367 e. The maximum absolute atomic E-state index is 13.7. The number of Topliss-reactive ketones (excluding diaryl/α,β-unsaturated/α-hetero) is 2. The normalized spacial score (nSPS) is 18.1. The fourth-order valence-corrected chi connectivity index (χ4v) is 6.23. The van der Waals surface area contributed by atoms with Gasteiger partial charge in [-0.1, -0.05) is 57.4 Å². The molecule has 2 aliphatic rings. The Morgan fingerprint density at radius 3 is 1.97 bits per heavy atom. The molecule has 1 fully saturated rings. The SMILES string of the molecule is CCCN(CCC)C1=C(S(=O)(=O)N(C)C2CCCCC2)C(=O)c2ccccc2C1=O. The maximum atomic E-state index is 13.7. The lowest BCUT2D eigenvalue weighted by molar-refractivity contribution is 0.0945. The van der Waals surface area contributed by atoms with Crippen LogP contribution in [0.1, 0.15) is 79.5 Å². The van der Waals surface area contributed by atoms with Crippen LogP contribution in [0, 0.1) is 0 Å². The van der Waals surface area contributed by atoms with E-state index in [-0.39, 0.29) is 33.6 Å². The van der Waals surface area contributed by atoms with E-state index in [9.17, 15) is 18.0 Å². The van der Waals surface area contributed by atoms with Gasteiger partial charge in [-0.15, -0.1) is 0 Å². The molecule has 0 aromatic heterocycles. The minimum absolute atomic E-state index is 0.0464. The highest BCUT2D eigenvalue weighted by Gasteiger charge is 2.44. The monoisotopic (exact) mass is 432 g/mol. The summed E-state index contributed by atoms with van der Waals surface area (Å²) in [6, 6.07) is 6.40. The van der Waals surface area contributed by atoms with Gasteiger partial charge in [-0.3, -0.25) is 9.59 Å². The molecular weight excluding hydrogens is 400 g/mol. The van der Waals surface area contributed by atoms with Crippen LogP contribution in [0.2, 0.25) is 0 Å². The number of hydrogen-bond donors (Lipinski definition) is 0. The van der Waals surface area contributed by atoms with Crippen molar-refractivity contribution >= 4 is 21.6 Å². The van der Waals surface area contributed by atoms with E-state index in [1.165, 1.54) is 4.31 Å². The zero-order valence-electron chi connectivity index (χ0n) is 18.2. The molecule has 6 nitrogen and oxygen atoms in total. The van der Waals surface area contributed by atoms with Gasteiger partial charge in [0.25, 0.3) is 0 Å². The van der Waals surface area contributed by atoms with Crippen molar-refractivity contribution in [2.75, 3.05) is 20.1 Å². The molecule has 7 heteroatoms. The van der Waals surface area contributed by atoms with Gasteiger partial charge in [-0.05, 0) is 25.7 Å². The van der Waals surface area contributed by atoms with Crippen LogP contribution in [0.4, 0.5) is 0 Å². The number of carbonyl (C=O) groups is 2. The molecule has 164 valence electrons. The Bertz CT molecular complexity index is 940. The molecule has 0 saturated heterocycles. The Hall–Kier alpha value is -1.99. The molecule has 0 bridgehead atoms. The van der Waals surface area contributed by atoms with Crippen LogP contribution in [-0.4, -0.2) is 55.4 Å². The Morgan fingerprint density at radius 2 is 1.43 bits per heavy atom. The van der Waals surface area contributed by atoms with E-state index in [2.05, 4.69) is 0 Å². The van der Waals surface area contributed by atoms with Crippen molar-refractivity contribution in [3.63, 3.8) is 0 Å². The predicted molar refractivity (Wildman–Crippen MR) is 118 cm³/mol. The van der Waals surface area contributed by atoms with Crippen LogP contribution < -0.4 is 0 Å². The van der Waals surface area contributed by atoms with Crippen molar-refractivity contribution in [2.24, 2.45) is 0 Å². The molecule has 0 aliphatic heterocycles. The number of ketones is 2. The van der Waals surface area contributed by atoms with E-state index in [1.807, 2.05) is 13.8 Å². The van der Waals surface area contributed by atoms with Crippen molar-refractivity contribution in [3.05, 3.63) is 46.0 Å². The van der Waals surface area contributed by atoms with Gasteiger partial charge in [0.15, 0.2) is 4.91 Å². The molecule has 0 atom stereocenters. The third-order valence-corrected chi connectivity index (χ3v) is 8.03. The number of sulfonamides is 1. The Labute approximate surface area is 180 Å². The summed E-state index contributed by atoms with van der Waals surface area (Å²) in [7, 11) is -2.56. The van der Waals surface area contributed by atoms with E-state index in [4.69, 9.17) is 0 Å². The average molecular weight is 433 g/mol. The number of benzene rings is 1. The van der Waals surface area contributed by atoms with Gasteiger partial charge in [0.1, 0.15) is 5.70 Å². The van der Waals surface area contributed by atoms with Gasteiger partial charge in [0.05, 0.1) is 0 Å². The summed E-state index contributed by atoms with van der Waals surface area (Å²) in [5.74, 6) is -0.942. The highest BCUT2D eigenvalue weighted by atomic mass is 32.2. The van der Waals surface area contributed by atoms with Crippen LogP contribution in [0.3, 0.4) is 0 Å². The number of nitrogens with zero attached hydrogens (tertiary/aromatic N) is 2. The summed E-state index contributed by atoms with van der Waals surface area (Å²) < 4.78 is 28.8. The van der Waals surface area contributed by atoms with E-state index in [1.54, 1.807) is 36.2 Å². The maximum Gasteiger partial charge on any atom is 0.249 e. The molecule has 0 heterocycles. The lowest BCUT2D eigenvalue weighted by atomic mass is 9.91. The lowest BCUT2D eigenvalue weighted by Crippen LogP contribution is -2.44. The Morgan fingerprint density at radius 1 is 0.900 bits per heavy atom. The molecule has 1 saturated carbocycles. The third kappa shape index (κ3) is 4.10. The second-order valence-electron chi connectivity index (χ2n) is 8.18. The molecule has 0 spiro atoms. The van der Waals surface area contributed by atoms with Crippen molar-refractivity contribution in [3.8, 4) is 0 Å².